The van der Waals surface area contributed by atoms with Gasteiger partial charge in [-0.2, -0.15) is 0 Å². The quantitative estimate of drug-likeness (QED) is 0.113. The predicted octanol–water partition coefficient (Wildman–Crippen LogP) is 7.78. The number of hydrogen-bond donors (Lipinski definition) is 2. The molecule has 0 saturated heterocycles. The molecule has 0 spiro atoms. The highest BCUT2D eigenvalue weighted by Crippen LogP contribution is 2.34. The first-order chi connectivity index (χ1) is 25.7. The van der Waals surface area contributed by atoms with E-state index in [1.54, 1.807) is 19.5 Å². The predicted molar refractivity (Wildman–Crippen MR) is 202 cm³/mol. The van der Waals surface area contributed by atoms with Gasteiger partial charge in [-0.25, -0.2) is 29.9 Å². The van der Waals surface area contributed by atoms with Crippen molar-refractivity contribution in [3.63, 3.8) is 0 Å². The summed E-state index contributed by atoms with van der Waals surface area (Å²) in [6.07, 6.45) is 3.40. The van der Waals surface area contributed by atoms with Crippen LogP contribution >= 0.6 is 0 Å². The number of nitrogens with one attached hydrogen (secondary N) is 2. The minimum absolute atomic E-state index is 0.539. The molecule has 264 valence electrons. The van der Waals surface area contributed by atoms with Crippen LogP contribution in [0.3, 0.4) is 0 Å². The number of furan rings is 2. The Bertz CT molecular complexity index is 2410. The Kier molecular flexibility index (Phi) is 10.7. The number of aromatic nitrogens is 6. The first-order valence-electron chi connectivity index (χ1n) is 17.1. The van der Waals surface area contributed by atoms with Crippen molar-refractivity contribution in [3.05, 3.63) is 91.3 Å². The van der Waals surface area contributed by atoms with Gasteiger partial charge in [-0.05, 0) is 50.2 Å². The zero-order valence-corrected chi connectivity index (χ0v) is 29.1. The van der Waals surface area contributed by atoms with E-state index in [1.165, 1.54) is 0 Å². The van der Waals surface area contributed by atoms with E-state index in [0.717, 1.165) is 38.7 Å². The maximum Gasteiger partial charge on any atom is 0.229 e. The molecule has 13 heteroatoms. The van der Waals surface area contributed by atoms with Gasteiger partial charge in [-0.1, -0.05) is 42.5 Å². The van der Waals surface area contributed by atoms with E-state index in [-0.39, 0.29) is 0 Å². The van der Waals surface area contributed by atoms with E-state index < -0.39 is 0 Å². The van der Waals surface area contributed by atoms with Gasteiger partial charge >= 0.3 is 0 Å². The molecule has 0 unspecified atom stereocenters. The lowest BCUT2D eigenvalue weighted by atomic mass is 10.2. The SMILES string of the molecule is CCOCCNc1nc(-c2cccc(OC)c2)nc2c1oc1ncccc12.CCOCCNc1nc(-c2ccccc2)nc2c1oc1ncccc12. The van der Waals surface area contributed by atoms with Crippen molar-refractivity contribution in [2.24, 2.45) is 0 Å². The lowest BCUT2D eigenvalue weighted by molar-refractivity contribution is 0.158. The molecule has 8 aromatic rings. The Hall–Kier alpha value is -6.18. The summed E-state index contributed by atoms with van der Waals surface area (Å²) in [7, 11) is 1.64. The largest absolute Gasteiger partial charge is 0.497 e. The highest BCUT2D eigenvalue weighted by Gasteiger charge is 2.18. The molecule has 2 N–H and O–H groups in total. The zero-order valence-electron chi connectivity index (χ0n) is 29.1. The standard InChI is InChI=1S/C20H20N4O3.C19H18N4O2/c1-3-26-11-10-21-19-17-16(15-8-5-9-22-20(15)27-17)23-18(24-19)13-6-4-7-14(12-13)25-2;1-2-24-12-11-20-18-16-15(14-9-6-10-21-19(14)25-16)22-17(23-18)13-7-4-3-5-8-13/h4-9,12H,3,10-11H2,1-2H3,(H,21,23,24);3-10H,2,11-12H2,1H3,(H,20,22,23). The highest BCUT2D eigenvalue weighted by molar-refractivity contribution is 6.06. The molecule has 0 aliphatic heterocycles. The van der Waals surface area contributed by atoms with Crippen molar-refractivity contribution in [2.75, 3.05) is 57.3 Å². The molecule has 6 aromatic heterocycles. The Balaban J connectivity index is 0.000000162. The summed E-state index contributed by atoms with van der Waals surface area (Å²) in [4.78, 5) is 27.4. The summed E-state index contributed by atoms with van der Waals surface area (Å²) in [5.74, 6) is 3.27. The number of benzene rings is 2. The zero-order chi connectivity index (χ0) is 35.7. The van der Waals surface area contributed by atoms with E-state index >= 15 is 0 Å². The number of ether oxygens (including phenoxy) is 3. The Morgan fingerprint density at radius 3 is 1.67 bits per heavy atom. The van der Waals surface area contributed by atoms with Crippen LogP contribution in [-0.2, 0) is 9.47 Å². The Labute approximate surface area is 299 Å². The highest BCUT2D eigenvalue weighted by atomic mass is 16.5. The van der Waals surface area contributed by atoms with Crippen LogP contribution < -0.4 is 15.4 Å². The third-order valence-electron chi connectivity index (χ3n) is 8.03. The molecule has 0 radical (unpaired) electrons. The molecule has 52 heavy (non-hydrogen) atoms. The average molecular weight is 699 g/mol. The van der Waals surface area contributed by atoms with E-state index in [1.807, 2.05) is 92.7 Å². The van der Waals surface area contributed by atoms with Crippen LogP contribution in [0.1, 0.15) is 13.8 Å². The summed E-state index contributed by atoms with van der Waals surface area (Å²) in [5, 5.41) is 8.32. The van der Waals surface area contributed by atoms with Gasteiger partial charge < -0.3 is 33.7 Å². The normalized spacial score (nSPS) is 11.2. The summed E-state index contributed by atoms with van der Waals surface area (Å²) < 4.78 is 27.9. The van der Waals surface area contributed by atoms with E-state index in [0.29, 0.717) is 85.4 Å². The third-order valence-corrected chi connectivity index (χ3v) is 8.03. The minimum Gasteiger partial charge on any atom is -0.497 e. The van der Waals surface area contributed by atoms with Gasteiger partial charge in [0.2, 0.25) is 11.4 Å². The number of pyridine rings is 2. The van der Waals surface area contributed by atoms with E-state index in [4.69, 9.17) is 33.0 Å². The van der Waals surface area contributed by atoms with Crippen LogP contribution in [0.5, 0.6) is 5.75 Å². The second kappa shape index (κ2) is 16.2. The van der Waals surface area contributed by atoms with Crippen molar-refractivity contribution in [2.45, 2.75) is 13.8 Å². The fourth-order valence-electron chi connectivity index (χ4n) is 5.58. The van der Waals surface area contributed by atoms with Gasteiger partial charge in [0.25, 0.3) is 0 Å². The molecule has 0 atom stereocenters. The molecule has 0 fully saturated rings. The number of hydrogen-bond acceptors (Lipinski definition) is 13. The van der Waals surface area contributed by atoms with Crippen molar-refractivity contribution < 1.29 is 23.0 Å². The average Bonchev–Trinajstić information content (AvgIpc) is 3.77. The summed E-state index contributed by atoms with van der Waals surface area (Å²) in [6.45, 7) is 7.72. The molecular formula is C39H38N8O5. The molecular weight excluding hydrogens is 660 g/mol. The van der Waals surface area contributed by atoms with Gasteiger partial charge in [0.1, 0.15) is 16.8 Å². The Morgan fingerprint density at radius 2 is 1.13 bits per heavy atom. The first kappa shape index (κ1) is 34.3. The fraction of sp³-hybridized carbons (Fsp3) is 0.231. The maximum atomic E-state index is 5.91. The molecule has 0 amide bonds. The summed E-state index contributed by atoms with van der Waals surface area (Å²) >= 11 is 0. The van der Waals surface area contributed by atoms with E-state index in [2.05, 4.69) is 30.6 Å². The molecule has 13 nitrogen and oxygen atoms in total. The number of nitrogens with zero attached hydrogens (tertiary/aromatic N) is 6. The molecule has 0 bridgehead atoms. The minimum atomic E-state index is 0.539. The van der Waals surface area contributed by atoms with Crippen molar-refractivity contribution in [3.8, 4) is 28.5 Å². The van der Waals surface area contributed by atoms with Crippen LogP contribution in [0.4, 0.5) is 11.6 Å². The van der Waals surface area contributed by atoms with Gasteiger partial charge in [-0.3, -0.25) is 0 Å². The lowest BCUT2D eigenvalue weighted by Crippen LogP contribution is -2.11. The molecule has 6 heterocycles. The summed E-state index contributed by atoms with van der Waals surface area (Å²) in [6, 6.07) is 25.2. The Morgan fingerprint density at radius 1 is 0.596 bits per heavy atom. The van der Waals surface area contributed by atoms with Gasteiger partial charge in [0.15, 0.2) is 34.5 Å². The number of rotatable bonds is 13. The number of fused-ring (bicyclic) bond motifs is 6. The van der Waals surface area contributed by atoms with Crippen LogP contribution in [0, 0.1) is 0 Å². The van der Waals surface area contributed by atoms with Crippen LogP contribution in [0.15, 0.2) is 100 Å². The van der Waals surface area contributed by atoms with Crippen molar-refractivity contribution in [1.29, 1.82) is 0 Å². The van der Waals surface area contributed by atoms with Crippen LogP contribution in [-0.4, -0.2) is 76.5 Å². The van der Waals surface area contributed by atoms with Gasteiger partial charge in [-0.15, -0.1) is 0 Å². The molecule has 8 rings (SSSR count). The molecule has 0 aliphatic carbocycles. The second-order valence-corrected chi connectivity index (χ2v) is 11.4. The van der Waals surface area contributed by atoms with Crippen LogP contribution in [0.25, 0.3) is 67.2 Å². The van der Waals surface area contributed by atoms with E-state index in [9.17, 15) is 0 Å². The first-order valence-corrected chi connectivity index (χ1v) is 17.1. The lowest BCUT2D eigenvalue weighted by Gasteiger charge is -2.09. The number of methoxy groups -OCH3 is 1. The monoisotopic (exact) mass is 698 g/mol. The number of anilines is 2. The molecule has 0 saturated carbocycles. The summed E-state index contributed by atoms with van der Waals surface area (Å²) in [5.41, 5.74) is 5.61. The smallest absolute Gasteiger partial charge is 0.229 e. The maximum absolute atomic E-state index is 5.91. The fourth-order valence-corrected chi connectivity index (χ4v) is 5.58. The van der Waals surface area contributed by atoms with Crippen molar-refractivity contribution >= 4 is 56.0 Å². The third kappa shape index (κ3) is 7.45. The molecule has 2 aromatic carbocycles. The van der Waals surface area contributed by atoms with Gasteiger partial charge in [0.05, 0.1) is 31.1 Å². The second-order valence-electron chi connectivity index (χ2n) is 11.4. The molecule has 0 aliphatic rings. The topological polar surface area (TPSA) is 155 Å². The van der Waals surface area contributed by atoms with Crippen LogP contribution in [0.2, 0.25) is 0 Å². The van der Waals surface area contributed by atoms with Gasteiger partial charge in [0, 0.05) is 49.8 Å². The van der Waals surface area contributed by atoms with Crippen molar-refractivity contribution in [1.82, 2.24) is 29.9 Å².